The summed E-state index contributed by atoms with van der Waals surface area (Å²) in [5.74, 6) is 0.868. The van der Waals surface area contributed by atoms with Crippen LogP contribution < -0.4 is 10.1 Å². The van der Waals surface area contributed by atoms with Crippen LogP contribution in [0.4, 0.5) is 5.95 Å². The van der Waals surface area contributed by atoms with Crippen LogP contribution in [-0.4, -0.2) is 39.4 Å². The maximum atomic E-state index is 12.5. The number of aromatic nitrogens is 4. The zero-order valence-electron chi connectivity index (χ0n) is 13.8. The molecule has 0 aliphatic carbocycles. The highest BCUT2D eigenvalue weighted by Crippen LogP contribution is 2.35. The van der Waals surface area contributed by atoms with E-state index in [2.05, 4.69) is 20.8 Å². The van der Waals surface area contributed by atoms with Gasteiger partial charge in [-0.1, -0.05) is 17.2 Å². The molecular formula is C16H19N5O3. The first-order valence-corrected chi connectivity index (χ1v) is 7.81. The number of tetrazole rings is 1. The van der Waals surface area contributed by atoms with Crippen molar-refractivity contribution in [3.63, 3.8) is 0 Å². The number of nitrogens with one attached hydrogen (secondary N) is 1. The fourth-order valence-electron chi connectivity index (χ4n) is 2.71. The van der Waals surface area contributed by atoms with E-state index >= 15 is 0 Å². The first-order valence-electron chi connectivity index (χ1n) is 7.81. The Bertz CT molecular complexity index is 766. The van der Waals surface area contributed by atoms with Gasteiger partial charge in [-0.05, 0) is 48.9 Å². The Morgan fingerprint density at radius 1 is 1.25 bits per heavy atom. The van der Waals surface area contributed by atoms with Crippen LogP contribution >= 0.6 is 0 Å². The summed E-state index contributed by atoms with van der Waals surface area (Å²) in [6.45, 7) is 6.41. The molecule has 1 aliphatic rings. The van der Waals surface area contributed by atoms with E-state index in [4.69, 9.17) is 9.47 Å². The van der Waals surface area contributed by atoms with Crippen molar-refractivity contribution in [1.29, 1.82) is 0 Å². The van der Waals surface area contributed by atoms with Crippen molar-refractivity contribution in [3.8, 4) is 5.75 Å². The lowest BCUT2D eigenvalue weighted by molar-refractivity contribution is -0.139. The third kappa shape index (κ3) is 2.82. The molecule has 0 saturated carbocycles. The minimum atomic E-state index is -0.453. The molecule has 0 fully saturated rings. The van der Waals surface area contributed by atoms with E-state index in [9.17, 15) is 4.79 Å². The molecule has 1 atom stereocenters. The second-order valence-corrected chi connectivity index (χ2v) is 5.24. The highest BCUT2D eigenvalue weighted by atomic mass is 16.5. The summed E-state index contributed by atoms with van der Waals surface area (Å²) >= 11 is 0. The topological polar surface area (TPSA) is 91.2 Å². The Labute approximate surface area is 139 Å². The van der Waals surface area contributed by atoms with E-state index in [-0.39, 0.29) is 5.97 Å². The number of benzene rings is 1. The van der Waals surface area contributed by atoms with Crippen molar-refractivity contribution in [3.05, 3.63) is 41.1 Å². The molecule has 0 radical (unpaired) electrons. The average Bonchev–Trinajstić information content (AvgIpc) is 3.02. The first kappa shape index (κ1) is 16.0. The van der Waals surface area contributed by atoms with Gasteiger partial charge in [0.15, 0.2) is 0 Å². The lowest BCUT2D eigenvalue weighted by Crippen LogP contribution is -2.29. The molecule has 1 aliphatic heterocycles. The summed E-state index contributed by atoms with van der Waals surface area (Å²) < 4.78 is 12.3. The van der Waals surface area contributed by atoms with E-state index in [1.54, 1.807) is 11.6 Å². The zero-order valence-corrected chi connectivity index (χ0v) is 13.8. The number of allylic oxidation sites excluding steroid dienone is 1. The summed E-state index contributed by atoms with van der Waals surface area (Å²) in [5.41, 5.74) is 2.03. The van der Waals surface area contributed by atoms with Crippen molar-refractivity contribution in [1.82, 2.24) is 20.2 Å². The zero-order chi connectivity index (χ0) is 17.1. The molecule has 2 aromatic rings. The van der Waals surface area contributed by atoms with Crippen molar-refractivity contribution in [2.75, 3.05) is 18.5 Å². The standard InChI is InChI=1S/C16H19N5O3/c1-4-23-12-8-6-11(7-9-12)14-13(15(22)24-5-2)10(3)17-16-18-19-20-21(14)16/h6-9,14H,4-5H2,1-3H3,(H,17,18,20)/t14-/m1/s1. The van der Waals surface area contributed by atoms with Crippen LogP contribution in [0.2, 0.25) is 0 Å². The van der Waals surface area contributed by atoms with Crippen LogP contribution in [0.25, 0.3) is 0 Å². The number of nitrogens with zero attached hydrogens (tertiary/aromatic N) is 4. The van der Waals surface area contributed by atoms with E-state index in [0.29, 0.717) is 30.4 Å². The fourth-order valence-corrected chi connectivity index (χ4v) is 2.71. The molecule has 0 bridgehead atoms. The molecule has 1 aromatic carbocycles. The summed E-state index contributed by atoms with van der Waals surface area (Å²) in [4.78, 5) is 12.5. The highest BCUT2D eigenvalue weighted by molar-refractivity contribution is 5.92. The molecule has 1 aromatic heterocycles. The predicted molar refractivity (Wildman–Crippen MR) is 86.5 cm³/mol. The second kappa shape index (κ2) is 6.69. The first-order chi connectivity index (χ1) is 11.7. The Morgan fingerprint density at radius 2 is 2.00 bits per heavy atom. The molecule has 8 heteroatoms. The minimum Gasteiger partial charge on any atom is -0.494 e. The third-order valence-corrected chi connectivity index (χ3v) is 3.72. The van der Waals surface area contributed by atoms with Gasteiger partial charge in [0, 0.05) is 5.70 Å². The van der Waals surface area contributed by atoms with Crippen molar-refractivity contribution in [2.24, 2.45) is 0 Å². The van der Waals surface area contributed by atoms with Crippen molar-refractivity contribution >= 4 is 11.9 Å². The van der Waals surface area contributed by atoms with E-state index in [1.165, 1.54) is 0 Å². The number of esters is 1. The number of hydrogen-bond donors (Lipinski definition) is 1. The number of fused-ring (bicyclic) bond motifs is 1. The molecule has 126 valence electrons. The van der Waals surface area contributed by atoms with Crippen molar-refractivity contribution in [2.45, 2.75) is 26.8 Å². The van der Waals surface area contributed by atoms with Gasteiger partial charge < -0.3 is 14.8 Å². The Kier molecular flexibility index (Phi) is 4.45. The van der Waals surface area contributed by atoms with Gasteiger partial charge >= 0.3 is 5.97 Å². The predicted octanol–water partition coefficient (Wildman–Crippen LogP) is 1.92. The Balaban J connectivity index is 2.05. The summed E-state index contributed by atoms with van der Waals surface area (Å²) in [6, 6.07) is 7.08. The normalized spacial score (nSPS) is 16.4. The molecule has 8 nitrogen and oxygen atoms in total. The summed E-state index contributed by atoms with van der Waals surface area (Å²) in [7, 11) is 0. The molecule has 0 spiro atoms. The number of carbonyl (C=O) groups excluding carboxylic acids is 1. The molecule has 0 saturated heterocycles. The molecule has 2 heterocycles. The van der Waals surface area contributed by atoms with Gasteiger partial charge in [0.1, 0.15) is 11.8 Å². The largest absolute Gasteiger partial charge is 0.494 e. The Hall–Kier alpha value is -2.90. The summed E-state index contributed by atoms with van der Waals surface area (Å²) in [5, 5.41) is 14.7. The smallest absolute Gasteiger partial charge is 0.338 e. The van der Waals surface area contributed by atoms with E-state index in [1.807, 2.05) is 38.1 Å². The quantitative estimate of drug-likeness (QED) is 0.838. The van der Waals surface area contributed by atoms with Crippen LogP contribution in [0.15, 0.2) is 35.5 Å². The minimum absolute atomic E-state index is 0.300. The lowest BCUT2D eigenvalue weighted by atomic mass is 9.96. The second-order valence-electron chi connectivity index (χ2n) is 5.24. The monoisotopic (exact) mass is 329 g/mol. The van der Waals surface area contributed by atoms with Gasteiger partial charge in [-0.2, -0.15) is 4.68 Å². The van der Waals surface area contributed by atoms with Crippen LogP contribution in [0.5, 0.6) is 5.75 Å². The summed E-state index contributed by atoms with van der Waals surface area (Å²) in [6.07, 6.45) is 0. The van der Waals surface area contributed by atoms with Crippen LogP contribution in [0, 0.1) is 0 Å². The lowest BCUT2D eigenvalue weighted by Gasteiger charge is -2.27. The maximum Gasteiger partial charge on any atom is 0.338 e. The average molecular weight is 329 g/mol. The third-order valence-electron chi connectivity index (χ3n) is 3.72. The number of rotatable bonds is 5. The van der Waals surface area contributed by atoms with Gasteiger partial charge in [-0.15, -0.1) is 0 Å². The number of hydrogen-bond acceptors (Lipinski definition) is 7. The van der Waals surface area contributed by atoms with Gasteiger partial charge in [0.25, 0.3) is 0 Å². The maximum absolute atomic E-state index is 12.5. The van der Waals surface area contributed by atoms with E-state index < -0.39 is 6.04 Å². The van der Waals surface area contributed by atoms with Crippen LogP contribution in [0.1, 0.15) is 32.4 Å². The van der Waals surface area contributed by atoms with Crippen LogP contribution in [-0.2, 0) is 9.53 Å². The van der Waals surface area contributed by atoms with Crippen molar-refractivity contribution < 1.29 is 14.3 Å². The number of anilines is 1. The molecular weight excluding hydrogens is 310 g/mol. The van der Waals surface area contributed by atoms with E-state index in [0.717, 1.165) is 11.3 Å². The van der Waals surface area contributed by atoms with Gasteiger partial charge in [0.05, 0.1) is 18.8 Å². The Morgan fingerprint density at radius 3 is 2.67 bits per heavy atom. The molecule has 0 amide bonds. The highest BCUT2D eigenvalue weighted by Gasteiger charge is 2.34. The molecule has 1 N–H and O–H groups in total. The van der Waals surface area contributed by atoms with Gasteiger partial charge in [0.2, 0.25) is 5.95 Å². The van der Waals surface area contributed by atoms with Gasteiger partial charge in [-0.3, -0.25) is 0 Å². The molecule has 24 heavy (non-hydrogen) atoms. The van der Waals surface area contributed by atoms with Gasteiger partial charge in [-0.25, -0.2) is 4.79 Å². The molecule has 0 unspecified atom stereocenters. The SMILES string of the molecule is CCOC(=O)C1=C(C)Nc2nnnn2[C@@H]1c1ccc(OCC)cc1. The number of carbonyl (C=O) groups is 1. The molecule has 3 rings (SSSR count). The number of ether oxygens (including phenoxy) is 2. The van der Waals surface area contributed by atoms with Crippen LogP contribution in [0.3, 0.4) is 0 Å². The fraction of sp³-hybridized carbons (Fsp3) is 0.375.